The predicted octanol–water partition coefficient (Wildman–Crippen LogP) is 0.629. The molecule has 1 aromatic heterocycles. The normalized spacial score (nSPS) is 15.8. The number of nitrogens with zero attached hydrogens (tertiary/aromatic N) is 3. The number of hydrogen-bond donors (Lipinski definition) is 1. The predicted molar refractivity (Wildman–Crippen MR) is 80.3 cm³/mol. The second kappa shape index (κ2) is 7.38. The second-order valence-electron chi connectivity index (χ2n) is 4.87. The van der Waals surface area contributed by atoms with Crippen molar-refractivity contribution in [1.29, 1.82) is 0 Å². The van der Waals surface area contributed by atoms with E-state index in [1.807, 2.05) is 11.8 Å². The molecule has 6 nitrogen and oxygen atoms in total. The third-order valence-electron chi connectivity index (χ3n) is 3.33. The summed E-state index contributed by atoms with van der Waals surface area (Å²) in [6.07, 6.45) is 0. The van der Waals surface area contributed by atoms with Crippen LogP contribution in [0.2, 0.25) is 5.15 Å². The van der Waals surface area contributed by atoms with E-state index >= 15 is 0 Å². The topological polar surface area (TPSA) is 65.5 Å². The molecule has 114 valence electrons. The molecule has 0 bridgehead atoms. The van der Waals surface area contributed by atoms with Gasteiger partial charge in [0.15, 0.2) is 0 Å². The highest BCUT2D eigenvalue weighted by Gasteiger charge is 2.23. The molecule has 1 aliphatic rings. The number of aromatic nitrogens is 1. The maximum absolute atomic E-state index is 12.3. The molecule has 2 rings (SSSR count). The smallest absolute Gasteiger partial charge is 0.272 e. The van der Waals surface area contributed by atoms with Gasteiger partial charge in [-0.25, -0.2) is 4.98 Å². The van der Waals surface area contributed by atoms with Crippen LogP contribution in [0.25, 0.3) is 0 Å². The van der Waals surface area contributed by atoms with Crippen molar-refractivity contribution in [3.8, 4) is 0 Å². The summed E-state index contributed by atoms with van der Waals surface area (Å²) < 4.78 is 0. The van der Waals surface area contributed by atoms with E-state index in [1.165, 1.54) is 0 Å². The average Bonchev–Trinajstić information content (AvgIpc) is 2.47. The second-order valence-corrected chi connectivity index (χ2v) is 5.25. The molecule has 2 amide bonds. The fraction of sp³-hybridized carbons (Fsp3) is 0.500. The third-order valence-corrected chi connectivity index (χ3v) is 3.55. The summed E-state index contributed by atoms with van der Waals surface area (Å²) in [7, 11) is 0. The highest BCUT2D eigenvalue weighted by molar-refractivity contribution is 6.29. The van der Waals surface area contributed by atoms with Gasteiger partial charge in [-0.2, -0.15) is 0 Å². The molecule has 1 aromatic rings. The van der Waals surface area contributed by atoms with Crippen LogP contribution < -0.4 is 5.32 Å². The lowest BCUT2D eigenvalue weighted by Gasteiger charge is -2.34. The summed E-state index contributed by atoms with van der Waals surface area (Å²) in [5.41, 5.74) is 0.361. The SMILES string of the molecule is CCNC(=O)CN1CCN(C(=O)c2cccc(Cl)n2)CC1. The minimum Gasteiger partial charge on any atom is -0.355 e. The maximum atomic E-state index is 12.3. The molecule has 21 heavy (non-hydrogen) atoms. The lowest BCUT2D eigenvalue weighted by atomic mass is 10.2. The fourth-order valence-corrected chi connectivity index (χ4v) is 2.42. The first kappa shape index (κ1) is 15.7. The van der Waals surface area contributed by atoms with Gasteiger partial charge in [0.2, 0.25) is 5.91 Å². The Balaban J connectivity index is 1.86. The number of rotatable bonds is 4. The molecular formula is C14H19ClN4O2. The van der Waals surface area contributed by atoms with Crippen molar-refractivity contribution in [2.45, 2.75) is 6.92 Å². The summed E-state index contributed by atoms with van der Waals surface area (Å²) in [6.45, 7) is 5.46. The van der Waals surface area contributed by atoms with E-state index in [0.717, 1.165) is 0 Å². The molecule has 1 saturated heterocycles. The Morgan fingerprint density at radius 3 is 2.62 bits per heavy atom. The van der Waals surface area contributed by atoms with Gasteiger partial charge in [-0.05, 0) is 19.1 Å². The van der Waals surface area contributed by atoms with Gasteiger partial charge in [-0.15, -0.1) is 0 Å². The Bertz CT molecular complexity index is 515. The van der Waals surface area contributed by atoms with Crippen molar-refractivity contribution >= 4 is 23.4 Å². The molecule has 0 spiro atoms. The Hall–Kier alpha value is -1.66. The van der Waals surface area contributed by atoms with Gasteiger partial charge in [0.25, 0.3) is 5.91 Å². The Morgan fingerprint density at radius 2 is 2.00 bits per heavy atom. The summed E-state index contributed by atoms with van der Waals surface area (Å²) in [5.74, 6) is -0.0936. The van der Waals surface area contributed by atoms with Crippen LogP contribution in [-0.4, -0.2) is 65.9 Å². The number of piperazine rings is 1. The summed E-state index contributed by atoms with van der Waals surface area (Å²) in [5, 5.41) is 3.09. The molecule has 7 heteroatoms. The van der Waals surface area contributed by atoms with Gasteiger partial charge < -0.3 is 10.2 Å². The van der Waals surface area contributed by atoms with E-state index in [-0.39, 0.29) is 11.8 Å². The molecule has 1 aliphatic heterocycles. The van der Waals surface area contributed by atoms with Crippen molar-refractivity contribution in [3.05, 3.63) is 29.0 Å². The zero-order valence-corrected chi connectivity index (χ0v) is 12.8. The van der Waals surface area contributed by atoms with Gasteiger partial charge in [0.05, 0.1) is 6.54 Å². The molecular weight excluding hydrogens is 292 g/mol. The Labute approximate surface area is 129 Å². The van der Waals surface area contributed by atoms with Gasteiger partial charge in [-0.1, -0.05) is 17.7 Å². The van der Waals surface area contributed by atoms with Crippen LogP contribution in [0.15, 0.2) is 18.2 Å². The first-order valence-corrected chi connectivity index (χ1v) is 7.39. The number of nitrogens with one attached hydrogen (secondary N) is 1. The molecule has 1 N–H and O–H groups in total. The van der Waals surface area contributed by atoms with Crippen molar-refractivity contribution in [1.82, 2.24) is 20.1 Å². The number of amides is 2. The highest BCUT2D eigenvalue weighted by Crippen LogP contribution is 2.10. The Morgan fingerprint density at radius 1 is 1.29 bits per heavy atom. The number of carbonyl (C=O) groups excluding carboxylic acids is 2. The molecule has 2 heterocycles. The van der Waals surface area contributed by atoms with Gasteiger partial charge >= 0.3 is 0 Å². The van der Waals surface area contributed by atoms with E-state index in [9.17, 15) is 9.59 Å². The Kier molecular flexibility index (Phi) is 5.52. The van der Waals surface area contributed by atoms with Crippen molar-refractivity contribution in [3.63, 3.8) is 0 Å². The van der Waals surface area contributed by atoms with Crippen LogP contribution in [0.4, 0.5) is 0 Å². The fourth-order valence-electron chi connectivity index (χ4n) is 2.25. The van der Waals surface area contributed by atoms with E-state index in [1.54, 1.807) is 23.1 Å². The minimum absolute atomic E-state index is 0.0220. The molecule has 0 saturated carbocycles. The van der Waals surface area contributed by atoms with Gasteiger partial charge in [0, 0.05) is 32.7 Å². The van der Waals surface area contributed by atoms with Gasteiger partial charge in [-0.3, -0.25) is 14.5 Å². The van der Waals surface area contributed by atoms with Crippen LogP contribution >= 0.6 is 11.6 Å². The van der Waals surface area contributed by atoms with E-state index in [2.05, 4.69) is 10.3 Å². The monoisotopic (exact) mass is 310 g/mol. The molecule has 0 unspecified atom stereocenters. The van der Waals surface area contributed by atoms with Crippen LogP contribution in [-0.2, 0) is 4.79 Å². The van der Waals surface area contributed by atoms with Crippen molar-refractivity contribution < 1.29 is 9.59 Å². The van der Waals surface area contributed by atoms with E-state index in [4.69, 9.17) is 11.6 Å². The largest absolute Gasteiger partial charge is 0.355 e. The number of likely N-dealkylation sites (N-methyl/N-ethyl adjacent to an activating group) is 1. The summed E-state index contributed by atoms with van der Waals surface area (Å²) in [4.78, 5) is 31.6. The zero-order valence-electron chi connectivity index (χ0n) is 12.0. The molecule has 0 atom stereocenters. The lowest BCUT2D eigenvalue weighted by molar-refractivity contribution is -0.122. The highest BCUT2D eigenvalue weighted by atomic mass is 35.5. The lowest BCUT2D eigenvalue weighted by Crippen LogP contribution is -2.51. The van der Waals surface area contributed by atoms with E-state index in [0.29, 0.717) is 50.1 Å². The number of hydrogen-bond acceptors (Lipinski definition) is 4. The third kappa shape index (κ3) is 4.41. The quantitative estimate of drug-likeness (QED) is 0.829. The van der Waals surface area contributed by atoms with Crippen LogP contribution in [0, 0.1) is 0 Å². The van der Waals surface area contributed by atoms with Crippen LogP contribution in [0.5, 0.6) is 0 Å². The number of pyridine rings is 1. The molecule has 0 aromatic carbocycles. The maximum Gasteiger partial charge on any atom is 0.272 e. The standard InChI is InChI=1S/C14H19ClN4O2/c1-2-16-13(20)10-18-6-8-19(9-7-18)14(21)11-4-3-5-12(15)17-11/h3-5H,2,6-10H2,1H3,(H,16,20). The number of halogens is 1. The van der Waals surface area contributed by atoms with Crippen molar-refractivity contribution in [2.75, 3.05) is 39.3 Å². The first-order valence-electron chi connectivity index (χ1n) is 7.01. The van der Waals surface area contributed by atoms with Crippen LogP contribution in [0.3, 0.4) is 0 Å². The summed E-state index contributed by atoms with van der Waals surface area (Å²) >= 11 is 5.80. The molecule has 0 radical (unpaired) electrons. The number of carbonyl (C=O) groups is 2. The van der Waals surface area contributed by atoms with E-state index < -0.39 is 0 Å². The average molecular weight is 311 g/mol. The van der Waals surface area contributed by atoms with Crippen LogP contribution in [0.1, 0.15) is 17.4 Å². The molecule has 0 aliphatic carbocycles. The zero-order chi connectivity index (χ0) is 15.2. The summed E-state index contributed by atoms with van der Waals surface area (Å²) in [6, 6.07) is 5.02. The van der Waals surface area contributed by atoms with Crippen molar-refractivity contribution in [2.24, 2.45) is 0 Å². The molecule has 1 fully saturated rings. The minimum atomic E-state index is -0.116. The first-order chi connectivity index (χ1) is 10.1. The van der Waals surface area contributed by atoms with Gasteiger partial charge in [0.1, 0.15) is 10.8 Å².